The second-order valence-electron chi connectivity index (χ2n) is 8.32. The van der Waals surface area contributed by atoms with Crippen LogP contribution in [-0.2, 0) is 13.0 Å². The monoisotopic (exact) mass is 426 g/mol. The standard InChI is InChI=1S/C26H26N4O2/c31-16-4-15-30-28-26(27-29-30)20-9-7-19(8-10-20)25-23(18-5-2-1-3-6-18)13-11-21-17-22(32)12-14-24(21)25/h1-3,5-10,12,14,17,23,25,31-32H,4,11,13,15-16H2/t23-,25+/m1/s1. The molecule has 5 rings (SSSR count). The highest BCUT2D eigenvalue weighted by atomic mass is 16.3. The fraction of sp³-hybridized carbons (Fsp3) is 0.269. The van der Waals surface area contributed by atoms with Crippen molar-refractivity contribution in [2.24, 2.45) is 0 Å². The van der Waals surface area contributed by atoms with Crippen LogP contribution in [0.2, 0.25) is 0 Å². The van der Waals surface area contributed by atoms with Crippen molar-refractivity contribution in [3.05, 3.63) is 95.1 Å². The molecule has 0 radical (unpaired) electrons. The number of hydrogen-bond donors (Lipinski definition) is 2. The molecule has 0 unspecified atom stereocenters. The summed E-state index contributed by atoms with van der Waals surface area (Å²) in [5.41, 5.74) is 6.00. The summed E-state index contributed by atoms with van der Waals surface area (Å²) in [4.78, 5) is 1.52. The minimum absolute atomic E-state index is 0.106. The van der Waals surface area contributed by atoms with Crippen molar-refractivity contribution in [3.8, 4) is 17.1 Å². The number of phenolic OH excluding ortho intramolecular Hbond substituents is 1. The Labute approximate surface area is 187 Å². The van der Waals surface area contributed by atoms with E-state index in [1.54, 1.807) is 6.07 Å². The molecular formula is C26H26N4O2. The Morgan fingerprint density at radius 2 is 1.75 bits per heavy atom. The third-order valence-corrected chi connectivity index (χ3v) is 6.31. The molecule has 4 aromatic rings. The van der Waals surface area contributed by atoms with Crippen molar-refractivity contribution in [1.82, 2.24) is 20.2 Å². The predicted molar refractivity (Wildman–Crippen MR) is 122 cm³/mol. The normalized spacial score (nSPS) is 17.8. The van der Waals surface area contributed by atoms with E-state index in [2.05, 4.69) is 76.1 Å². The summed E-state index contributed by atoms with van der Waals surface area (Å²) in [7, 11) is 0. The average Bonchev–Trinajstić information content (AvgIpc) is 3.31. The molecule has 0 fully saturated rings. The van der Waals surface area contributed by atoms with Crippen molar-refractivity contribution in [2.75, 3.05) is 6.61 Å². The fourth-order valence-electron chi connectivity index (χ4n) is 4.78. The number of rotatable bonds is 6. The van der Waals surface area contributed by atoms with Crippen molar-refractivity contribution in [2.45, 2.75) is 37.6 Å². The molecule has 0 spiro atoms. The zero-order valence-electron chi connectivity index (χ0n) is 17.8. The van der Waals surface area contributed by atoms with Crippen LogP contribution in [0.15, 0.2) is 72.8 Å². The molecule has 2 N–H and O–H groups in total. The van der Waals surface area contributed by atoms with E-state index in [9.17, 15) is 5.11 Å². The SMILES string of the molecule is OCCCn1nnc(-c2ccc([C@@H]3c4ccc(O)cc4CC[C@@H]3c3ccccc3)cc2)n1. The lowest BCUT2D eigenvalue weighted by atomic mass is 9.69. The van der Waals surface area contributed by atoms with Gasteiger partial charge in [-0.05, 0) is 64.8 Å². The van der Waals surface area contributed by atoms with Gasteiger partial charge in [0.15, 0.2) is 0 Å². The Morgan fingerprint density at radius 3 is 2.53 bits per heavy atom. The third-order valence-electron chi connectivity index (χ3n) is 6.31. The number of hydrogen-bond acceptors (Lipinski definition) is 5. The number of nitrogens with zero attached hydrogens (tertiary/aromatic N) is 4. The molecule has 2 atom stereocenters. The summed E-state index contributed by atoms with van der Waals surface area (Å²) in [5.74, 6) is 1.50. The highest BCUT2D eigenvalue weighted by molar-refractivity contribution is 5.56. The summed E-state index contributed by atoms with van der Waals surface area (Å²) in [6, 6.07) is 24.9. The summed E-state index contributed by atoms with van der Waals surface area (Å²) >= 11 is 0. The van der Waals surface area contributed by atoms with Gasteiger partial charge in [0.25, 0.3) is 0 Å². The van der Waals surface area contributed by atoms with Crippen molar-refractivity contribution in [3.63, 3.8) is 0 Å². The van der Waals surface area contributed by atoms with Gasteiger partial charge in [-0.1, -0.05) is 60.7 Å². The second-order valence-corrected chi connectivity index (χ2v) is 8.32. The first-order chi connectivity index (χ1) is 15.7. The van der Waals surface area contributed by atoms with Crippen LogP contribution in [0.4, 0.5) is 0 Å². The number of aliphatic hydroxyl groups excluding tert-OH is 1. The van der Waals surface area contributed by atoms with Gasteiger partial charge in [-0.25, -0.2) is 0 Å². The first-order valence-corrected chi connectivity index (χ1v) is 11.1. The number of tetrazole rings is 1. The molecule has 1 aliphatic carbocycles. The number of benzene rings is 3. The van der Waals surface area contributed by atoms with Gasteiger partial charge in [0.1, 0.15) is 5.75 Å². The van der Waals surface area contributed by atoms with Gasteiger partial charge in [0.2, 0.25) is 5.82 Å². The topological polar surface area (TPSA) is 84.1 Å². The van der Waals surface area contributed by atoms with Crippen molar-refractivity contribution >= 4 is 0 Å². The van der Waals surface area contributed by atoms with Gasteiger partial charge < -0.3 is 10.2 Å². The third kappa shape index (κ3) is 4.01. The minimum Gasteiger partial charge on any atom is -0.508 e. The van der Waals surface area contributed by atoms with Crippen LogP contribution in [0.1, 0.15) is 46.9 Å². The van der Waals surface area contributed by atoms with E-state index < -0.39 is 0 Å². The number of aromatic hydroxyl groups is 1. The number of fused-ring (bicyclic) bond motifs is 1. The quantitative estimate of drug-likeness (QED) is 0.481. The van der Waals surface area contributed by atoms with E-state index >= 15 is 0 Å². The molecule has 0 saturated carbocycles. The van der Waals surface area contributed by atoms with Crippen LogP contribution in [0.5, 0.6) is 5.75 Å². The predicted octanol–water partition coefficient (Wildman–Crippen LogP) is 4.29. The van der Waals surface area contributed by atoms with Gasteiger partial charge in [0.05, 0.1) is 6.54 Å². The average molecular weight is 427 g/mol. The van der Waals surface area contributed by atoms with Crippen LogP contribution in [0.3, 0.4) is 0 Å². The number of phenols is 1. The smallest absolute Gasteiger partial charge is 0.204 e. The highest BCUT2D eigenvalue weighted by Crippen LogP contribution is 2.47. The van der Waals surface area contributed by atoms with Gasteiger partial charge in [-0.3, -0.25) is 0 Å². The van der Waals surface area contributed by atoms with Gasteiger partial charge in [0, 0.05) is 18.1 Å². The molecule has 6 heteroatoms. The lowest BCUT2D eigenvalue weighted by Crippen LogP contribution is -2.20. The zero-order chi connectivity index (χ0) is 21.9. The number of aromatic nitrogens is 4. The summed E-state index contributed by atoms with van der Waals surface area (Å²) < 4.78 is 0. The molecule has 3 aromatic carbocycles. The molecule has 0 saturated heterocycles. The van der Waals surface area contributed by atoms with Gasteiger partial charge in [-0.15, -0.1) is 10.2 Å². The second kappa shape index (κ2) is 8.93. The maximum Gasteiger partial charge on any atom is 0.204 e. The Balaban J connectivity index is 1.50. The van der Waals surface area contributed by atoms with Crippen LogP contribution < -0.4 is 0 Å². The maximum atomic E-state index is 10.0. The minimum atomic E-state index is 0.106. The molecule has 1 heterocycles. The van der Waals surface area contributed by atoms with Crippen molar-refractivity contribution < 1.29 is 10.2 Å². The Morgan fingerprint density at radius 1 is 0.938 bits per heavy atom. The Kier molecular flexibility index (Phi) is 5.69. The van der Waals surface area contributed by atoms with E-state index in [0.717, 1.165) is 18.4 Å². The Bertz CT molecular complexity index is 1190. The van der Waals surface area contributed by atoms with Crippen molar-refractivity contribution in [1.29, 1.82) is 0 Å². The van der Waals surface area contributed by atoms with Crippen LogP contribution in [0.25, 0.3) is 11.4 Å². The van der Waals surface area contributed by atoms with Crippen LogP contribution >= 0.6 is 0 Å². The van der Waals surface area contributed by atoms with Gasteiger partial charge in [-0.2, -0.15) is 4.80 Å². The van der Waals surface area contributed by atoms with Crippen LogP contribution in [-0.4, -0.2) is 37.0 Å². The highest BCUT2D eigenvalue weighted by Gasteiger charge is 2.32. The fourth-order valence-corrected chi connectivity index (χ4v) is 4.78. The molecule has 0 amide bonds. The largest absolute Gasteiger partial charge is 0.508 e. The lowest BCUT2D eigenvalue weighted by molar-refractivity contribution is 0.272. The number of aryl methyl sites for hydroxylation is 2. The molecule has 1 aromatic heterocycles. The maximum absolute atomic E-state index is 10.0. The first-order valence-electron chi connectivity index (χ1n) is 11.1. The van der Waals surface area contributed by atoms with E-state index in [-0.39, 0.29) is 12.5 Å². The summed E-state index contributed by atoms with van der Waals surface area (Å²) in [6.07, 6.45) is 2.60. The lowest BCUT2D eigenvalue weighted by Gasteiger charge is -2.34. The molecule has 0 bridgehead atoms. The Hall–Kier alpha value is -3.51. The first kappa shape index (κ1) is 20.4. The summed E-state index contributed by atoms with van der Waals surface area (Å²) in [5, 5.41) is 31.7. The van der Waals surface area contributed by atoms with E-state index in [0.29, 0.717) is 30.5 Å². The van der Waals surface area contributed by atoms with E-state index in [4.69, 9.17) is 5.11 Å². The number of aliphatic hydroxyl groups is 1. The van der Waals surface area contributed by atoms with Crippen LogP contribution in [0, 0.1) is 0 Å². The molecule has 32 heavy (non-hydrogen) atoms. The zero-order valence-corrected chi connectivity index (χ0v) is 17.8. The summed E-state index contributed by atoms with van der Waals surface area (Å²) in [6.45, 7) is 0.654. The molecule has 162 valence electrons. The van der Waals surface area contributed by atoms with E-state index in [1.165, 1.54) is 27.1 Å². The molecule has 1 aliphatic rings. The van der Waals surface area contributed by atoms with E-state index in [1.807, 2.05) is 6.07 Å². The van der Waals surface area contributed by atoms with Gasteiger partial charge >= 0.3 is 0 Å². The molecule has 6 nitrogen and oxygen atoms in total. The molecular weight excluding hydrogens is 400 g/mol. The molecule has 0 aliphatic heterocycles.